The third-order valence-electron chi connectivity index (χ3n) is 4.96. The normalized spacial score (nSPS) is 12.7. The Bertz CT molecular complexity index is 1260. The van der Waals surface area contributed by atoms with Gasteiger partial charge in [-0.05, 0) is 32.8 Å². The SMILES string of the molecule is CCOCc1nc2c(NC(=O)CC(C)C)nc3ccccc3c2n1CC(C)(C)NS(C)(=O)=O. The Morgan fingerprint density at radius 3 is 2.55 bits per heavy atom. The van der Waals surface area contributed by atoms with E-state index in [-0.39, 0.29) is 18.4 Å². The third-order valence-corrected chi connectivity index (χ3v) is 5.89. The number of pyridine rings is 1. The summed E-state index contributed by atoms with van der Waals surface area (Å²) < 4.78 is 34.2. The number of hydrogen-bond acceptors (Lipinski definition) is 6. The maximum Gasteiger partial charge on any atom is 0.225 e. The third kappa shape index (κ3) is 6.27. The quantitative estimate of drug-likeness (QED) is 0.464. The molecule has 2 N–H and O–H groups in total. The van der Waals surface area contributed by atoms with Crippen LogP contribution in [0, 0.1) is 5.92 Å². The molecule has 180 valence electrons. The van der Waals surface area contributed by atoms with Crippen LogP contribution in [0.2, 0.25) is 0 Å². The van der Waals surface area contributed by atoms with Crippen molar-refractivity contribution in [1.82, 2.24) is 19.3 Å². The van der Waals surface area contributed by atoms with Crippen LogP contribution in [0.1, 0.15) is 46.9 Å². The van der Waals surface area contributed by atoms with Crippen molar-refractivity contribution < 1.29 is 17.9 Å². The Labute approximate surface area is 195 Å². The van der Waals surface area contributed by atoms with Crippen molar-refractivity contribution in [3.63, 3.8) is 0 Å². The summed E-state index contributed by atoms with van der Waals surface area (Å²) >= 11 is 0. The summed E-state index contributed by atoms with van der Waals surface area (Å²) in [6.07, 6.45) is 1.51. The molecule has 1 aromatic carbocycles. The van der Waals surface area contributed by atoms with Crippen LogP contribution in [0.5, 0.6) is 0 Å². The van der Waals surface area contributed by atoms with Gasteiger partial charge in [-0.3, -0.25) is 4.79 Å². The van der Waals surface area contributed by atoms with Gasteiger partial charge in [0.1, 0.15) is 17.9 Å². The van der Waals surface area contributed by atoms with E-state index in [1.54, 1.807) is 0 Å². The number of carbonyl (C=O) groups excluding carboxylic acids is 1. The fourth-order valence-electron chi connectivity index (χ4n) is 3.93. The van der Waals surface area contributed by atoms with Crippen molar-refractivity contribution in [2.24, 2.45) is 5.92 Å². The van der Waals surface area contributed by atoms with Crippen LogP contribution in [0.3, 0.4) is 0 Å². The van der Waals surface area contributed by atoms with Gasteiger partial charge in [0.2, 0.25) is 15.9 Å². The lowest BCUT2D eigenvalue weighted by Gasteiger charge is -2.27. The van der Waals surface area contributed by atoms with Crippen molar-refractivity contribution >= 4 is 43.7 Å². The minimum absolute atomic E-state index is 0.130. The summed E-state index contributed by atoms with van der Waals surface area (Å²) in [7, 11) is -3.43. The molecule has 0 saturated carbocycles. The number of hydrogen-bond donors (Lipinski definition) is 2. The van der Waals surface area contributed by atoms with Gasteiger partial charge in [-0.2, -0.15) is 0 Å². The smallest absolute Gasteiger partial charge is 0.225 e. The van der Waals surface area contributed by atoms with Gasteiger partial charge in [0.05, 0.1) is 17.3 Å². The number of fused-ring (bicyclic) bond motifs is 3. The Morgan fingerprint density at radius 2 is 1.91 bits per heavy atom. The van der Waals surface area contributed by atoms with Gasteiger partial charge in [-0.25, -0.2) is 23.1 Å². The molecule has 1 amide bonds. The van der Waals surface area contributed by atoms with E-state index >= 15 is 0 Å². The predicted molar refractivity (Wildman–Crippen MR) is 131 cm³/mol. The lowest BCUT2D eigenvalue weighted by atomic mass is 10.1. The van der Waals surface area contributed by atoms with Crippen LogP contribution in [0.15, 0.2) is 24.3 Å². The van der Waals surface area contributed by atoms with Crippen LogP contribution < -0.4 is 10.0 Å². The van der Waals surface area contributed by atoms with E-state index in [9.17, 15) is 13.2 Å². The van der Waals surface area contributed by atoms with E-state index in [1.165, 1.54) is 0 Å². The van der Waals surface area contributed by atoms with Crippen LogP contribution in [0.4, 0.5) is 5.82 Å². The van der Waals surface area contributed by atoms with Crippen LogP contribution in [-0.4, -0.2) is 47.3 Å². The standard InChI is InChI=1S/C23H33N5O4S/c1-7-32-13-18-25-20-21(28(18)14-23(4,5)27-33(6,30)31)16-10-8-9-11-17(16)24-22(20)26-19(29)12-15(2)3/h8-11,15,27H,7,12-14H2,1-6H3,(H,24,26,29). The molecular formula is C23H33N5O4S. The second-order valence-electron chi connectivity index (χ2n) is 9.33. The first-order valence-electron chi connectivity index (χ1n) is 11.0. The topological polar surface area (TPSA) is 115 Å². The molecule has 0 aliphatic carbocycles. The number of benzene rings is 1. The molecule has 2 heterocycles. The minimum Gasteiger partial charge on any atom is -0.374 e. The van der Waals surface area contributed by atoms with E-state index in [1.807, 2.05) is 63.5 Å². The molecule has 2 aromatic heterocycles. The highest BCUT2D eigenvalue weighted by Gasteiger charge is 2.27. The number of aromatic nitrogens is 3. The van der Waals surface area contributed by atoms with Crippen molar-refractivity contribution in [3.05, 3.63) is 30.1 Å². The minimum atomic E-state index is -3.43. The zero-order valence-electron chi connectivity index (χ0n) is 20.1. The van der Waals surface area contributed by atoms with Crippen molar-refractivity contribution in [2.75, 3.05) is 18.2 Å². The number of rotatable bonds is 10. The maximum atomic E-state index is 12.6. The van der Waals surface area contributed by atoms with Crippen LogP contribution >= 0.6 is 0 Å². The zero-order chi connectivity index (χ0) is 24.4. The molecule has 0 fully saturated rings. The average Bonchev–Trinajstić information content (AvgIpc) is 3.02. The van der Waals surface area contributed by atoms with Gasteiger partial charge in [0, 0.05) is 30.5 Å². The van der Waals surface area contributed by atoms with Gasteiger partial charge in [0.15, 0.2) is 5.82 Å². The van der Waals surface area contributed by atoms with Crippen LogP contribution in [-0.2, 0) is 32.7 Å². The summed E-state index contributed by atoms with van der Waals surface area (Å²) in [6.45, 7) is 10.6. The number of carbonyl (C=O) groups is 1. The first kappa shape index (κ1) is 25.1. The Kier molecular flexibility index (Phi) is 7.40. The first-order valence-corrected chi connectivity index (χ1v) is 12.9. The Balaban J connectivity index is 2.23. The number of anilines is 1. The summed E-state index contributed by atoms with van der Waals surface area (Å²) in [6, 6.07) is 7.63. The molecule has 0 saturated heterocycles. The highest BCUT2D eigenvalue weighted by Crippen LogP contribution is 2.31. The van der Waals surface area contributed by atoms with Gasteiger partial charge in [0.25, 0.3) is 0 Å². The molecule has 0 spiro atoms. The molecule has 10 heteroatoms. The largest absolute Gasteiger partial charge is 0.374 e. The number of para-hydroxylation sites is 1. The number of sulfonamides is 1. The molecule has 0 bridgehead atoms. The van der Waals surface area contributed by atoms with E-state index in [0.717, 1.165) is 17.2 Å². The molecule has 9 nitrogen and oxygen atoms in total. The highest BCUT2D eigenvalue weighted by atomic mass is 32.2. The Hall–Kier alpha value is -2.56. The molecule has 0 atom stereocenters. The second-order valence-corrected chi connectivity index (χ2v) is 11.1. The van der Waals surface area contributed by atoms with Gasteiger partial charge in [-0.1, -0.05) is 32.0 Å². The van der Waals surface area contributed by atoms with Crippen LogP contribution in [0.25, 0.3) is 21.9 Å². The molecule has 33 heavy (non-hydrogen) atoms. The summed E-state index contributed by atoms with van der Waals surface area (Å²) in [4.78, 5) is 22.0. The summed E-state index contributed by atoms with van der Waals surface area (Å²) in [5, 5.41) is 3.79. The second kappa shape index (κ2) is 9.74. The first-order chi connectivity index (χ1) is 15.4. The highest BCUT2D eigenvalue weighted by molar-refractivity contribution is 7.88. The monoisotopic (exact) mass is 475 g/mol. The molecule has 3 aromatic rings. The van der Waals surface area contributed by atoms with Crippen molar-refractivity contribution in [1.29, 1.82) is 0 Å². The van der Waals surface area contributed by atoms with E-state index in [4.69, 9.17) is 9.72 Å². The molecule has 0 aliphatic rings. The predicted octanol–water partition coefficient (Wildman–Crippen LogP) is 3.43. The average molecular weight is 476 g/mol. The van der Waals surface area contributed by atoms with Gasteiger partial charge >= 0.3 is 0 Å². The molecule has 0 aliphatic heterocycles. The van der Waals surface area contributed by atoms with Crippen molar-refractivity contribution in [3.8, 4) is 0 Å². The molecule has 0 unspecified atom stereocenters. The lowest BCUT2D eigenvalue weighted by Crippen LogP contribution is -2.46. The number of nitrogens with zero attached hydrogens (tertiary/aromatic N) is 3. The molecule has 3 rings (SSSR count). The number of imidazole rings is 1. The van der Waals surface area contributed by atoms with Crippen molar-refractivity contribution in [2.45, 2.75) is 59.7 Å². The Morgan fingerprint density at radius 1 is 1.21 bits per heavy atom. The number of ether oxygens (including phenoxy) is 1. The molecular weight excluding hydrogens is 442 g/mol. The number of nitrogens with one attached hydrogen (secondary N) is 2. The summed E-state index contributed by atoms with van der Waals surface area (Å²) in [5.41, 5.74) is 1.24. The summed E-state index contributed by atoms with van der Waals surface area (Å²) in [5.74, 6) is 1.09. The fourth-order valence-corrected chi connectivity index (χ4v) is 4.99. The van der Waals surface area contributed by atoms with Gasteiger partial charge in [-0.15, -0.1) is 0 Å². The number of amides is 1. The lowest BCUT2D eigenvalue weighted by molar-refractivity contribution is -0.116. The fraction of sp³-hybridized carbons (Fsp3) is 0.522. The maximum absolute atomic E-state index is 12.6. The van der Waals surface area contributed by atoms with E-state index < -0.39 is 15.6 Å². The molecule has 0 radical (unpaired) electrons. The zero-order valence-corrected chi connectivity index (χ0v) is 20.9. The van der Waals surface area contributed by atoms with E-state index in [0.29, 0.717) is 42.2 Å². The van der Waals surface area contributed by atoms with Gasteiger partial charge < -0.3 is 14.6 Å². The van der Waals surface area contributed by atoms with E-state index in [2.05, 4.69) is 15.0 Å².